The predicted octanol–water partition coefficient (Wildman–Crippen LogP) is 4.14. The number of halogens is 1. The Morgan fingerprint density at radius 1 is 1.13 bits per heavy atom. The Morgan fingerprint density at radius 3 is 2.61 bits per heavy atom. The average molecular weight is 327 g/mol. The molecule has 4 heteroatoms. The molecule has 0 radical (unpaired) electrons. The van der Waals surface area contributed by atoms with Crippen molar-refractivity contribution in [3.63, 3.8) is 0 Å². The molecule has 3 nitrogen and oxygen atoms in total. The van der Waals surface area contributed by atoms with Crippen molar-refractivity contribution in [1.82, 2.24) is 5.32 Å². The zero-order valence-electron chi connectivity index (χ0n) is 12.9. The second kappa shape index (κ2) is 5.57. The van der Waals surface area contributed by atoms with Crippen LogP contribution in [0.25, 0.3) is 0 Å². The monoisotopic (exact) mass is 326 g/mol. The van der Waals surface area contributed by atoms with Crippen LogP contribution in [0, 0.1) is 0 Å². The summed E-state index contributed by atoms with van der Waals surface area (Å²) in [5.41, 5.74) is 3.66. The highest BCUT2D eigenvalue weighted by Crippen LogP contribution is 2.47. The van der Waals surface area contributed by atoms with Crippen molar-refractivity contribution >= 4 is 23.3 Å². The van der Waals surface area contributed by atoms with E-state index in [9.17, 15) is 4.79 Å². The van der Waals surface area contributed by atoms with E-state index in [0.717, 1.165) is 36.5 Å². The molecule has 0 unspecified atom stereocenters. The zero-order chi connectivity index (χ0) is 15.9. The van der Waals surface area contributed by atoms with Crippen molar-refractivity contribution in [3.05, 3.63) is 64.7 Å². The van der Waals surface area contributed by atoms with Gasteiger partial charge in [-0.05, 0) is 48.6 Å². The van der Waals surface area contributed by atoms with Gasteiger partial charge in [-0.15, -0.1) is 0 Å². The second-order valence-electron chi connectivity index (χ2n) is 6.48. The van der Waals surface area contributed by atoms with E-state index in [2.05, 4.69) is 23.5 Å². The third-order valence-corrected chi connectivity index (χ3v) is 5.27. The molecule has 0 spiro atoms. The lowest BCUT2D eigenvalue weighted by Crippen LogP contribution is -2.42. The van der Waals surface area contributed by atoms with Crippen molar-refractivity contribution in [3.8, 4) is 0 Å². The number of nitrogens with zero attached hydrogens (tertiary/aromatic N) is 1. The number of para-hydroxylation sites is 1. The van der Waals surface area contributed by atoms with Gasteiger partial charge >= 0.3 is 6.03 Å². The Hall–Kier alpha value is -2.00. The Labute approximate surface area is 141 Å². The molecule has 1 aliphatic carbocycles. The molecule has 1 N–H and O–H groups in total. The number of anilines is 1. The first kappa shape index (κ1) is 14.6. The number of hydrogen-bond acceptors (Lipinski definition) is 1. The molecule has 1 saturated carbocycles. The molecule has 0 atom stereocenters. The van der Waals surface area contributed by atoms with Crippen LogP contribution in [0.15, 0.2) is 48.5 Å². The molecular formula is C19H19ClN2O. The summed E-state index contributed by atoms with van der Waals surface area (Å²) in [4.78, 5) is 14.4. The highest BCUT2D eigenvalue weighted by atomic mass is 35.5. The third-order valence-electron chi connectivity index (χ3n) is 5.02. The number of carbonyl (C=O) groups is 1. The summed E-state index contributed by atoms with van der Waals surface area (Å²) < 4.78 is 0. The lowest BCUT2D eigenvalue weighted by molar-refractivity contribution is 0.245. The lowest BCUT2D eigenvalue weighted by Gasteiger charge is -2.21. The Bertz CT molecular complexity index is 737. The van der Waals surface area contributed by atoms with Crippen LogP contribution in [0.2, 0.25) is 5.02 Å². The lowest BCUT2D eigenvalue weighted by atomic mass is 9.96. The van der Waals surface area contributed by atoms with Crippen LogP contribution in [0.1, 0.15) is 24.0 Å². The fraction of sp³-hybridized carbons (Fsp3) is 0.316. The number of amides is 2. The number of benzene rings is 2. The molecule has 1 fully saturated rings. The molecule has 0 bridgehead atoms. The summed E-state index contributed by atoms with van der Waals surface area (Å²) in [6.07, 6.45) is 3.17. The molecular weight excluding hydrogens is 308 g/mol. The summed E-state index contributed by atoms with van der Waals surface area (Å²) in [6, 6.07) is 16.1. The number of fused-ring (bicyclic) bond motifs is 1. The first-order valence-electron chi connectivity index (χ1n) is 8.07. The molecule has 1 heterocycles. The molecule has 1 aliphatic heterocycles. The van der Waals surface area contributed by atoms with Crippen molar-refractivity contribution in [2.45, 2.75) is 24.7 Å². The SMILES string of the molecule is O=C(NCC1(c2ccc(Cl)cc2)CC1)N1CCc2ccccc21. The van der Waals surface area contributed by atoms with E-state index < -0.39 is 0 Å². The van der Waals surface area contributed by atoms with Crippen LogP contribution in [0.4, 0.5) is 10.5 Å². The number of carbonyl (C=O) groups excluding carboxylic acids is 1. The predicted molar refractivity (Wildman–Crippen MR) is 93.3 cm³/mol. The minimum atomic E-state index is 0.00943. The van der Waals surface area contributed by atoms with Crippen molar-refractivity contribution in [2.75, 3.05) is 18.0 Å². The minimum Gasteiger partial charge on any atom is -0.337 e. The molecule has 2 aromatic rings. The van der Waals surface area contributed by atoms with Crippen LogP contribution in [-0.4, -0.2) is 19.1 Å². The zero-order valence-corrected chi connectivity index (χ0v) is 13.6. The maximum absolute atomic E-state index is 12.6. The Morgan fingerprint density at radius 2 is 1.87 bits per heavy atom. The number of hydrogen-bond donors (Lipinski definition) is 1. The van der Waals surface area contributed by atoms with Crippen LogP contribution >= 0.6 is 11.6 Å². The largest absolute Gasteiger partial charge is 0.337 e. The third kappa shape index (κ3) is 2.70. The molecule has 4 rings (SSSR count). The molecule has 2 aromatic carbocycles. The van der Waals surface area contributed by atoms with Crippen molar-refractivity contribution < 1.29 is 4.79 Å². The standard InChI is InChI=1S/C19H19ClN2O/c20-16-7-5-15(6-8-16)19(10-11-19)13-21-18(23)22-12-9-14-3-1-2-4-17(14)22/h1-8H,9-13H2,(H,21,23). The molecule has 2 amide bonds. The second-order valence-corrected chi connectivity index (χ2v) is 6.91. The summed E-state index contributed by atoms with van der Waals surface area (Å²) in [5.74, 6) is 0. The van der Waals surface area contributed by atoms with Gasteiger partial charge in [0.1, 0.15) is 0 Å². The summed E-state index contributed by atoms with van der Waals surface area (Å²) in [7, 11) is 0. The van der Waals surface area contributed by atoms with E-state index in [0.29, 0.717) is 6.54 Å². The summed E-state index contributed by atoms with van der Waals surface area (Å²) in [5, 5.41) is 3.89. The first-order valence-corrected chi connectivity index (χ1v) is 8.45. The van der Waals surface area contributed by atoms with Gasteiger partial charge in [-0.25, -0.2) is 4.79 Å². The Balaban J connectivity index is 1.44. The van der Waals surface area contributed by atoms with Crippen molar-refractivity contribution in [1.29, 1.82) is 0 Å². The highest BCUT2D eigenvalue weighted by Gasteiger charge is 2.44. The summed E-state index contributed by atoms with van der Waals surface area (Å²) >= 11 is 5.97. The van der Waals surface area contributed by atoms with E-state index >= 15 is 0 Å². The number of rotatable bonds is 3. The van der Waals surface area contributed by atoms with Crippen LogP contribution in [0.5, 0.6) is 0 Å². The molecule has 23 heavy (non-hydrogen) atoms. The average Bonchev–Trinajstić information content (AvgIpc) is 3.24. The van der Waals surface area contributed by atoms with Gasteiger partial charge in [0, 0.05) is 29.2 Å². The van der Waals surface area contributed by atoms with Gasteiger partial charge in [0.25, 0.3) is 0 Å². The van der Waals surface area contributed by atoms with Crippen LogP contribution in [-0.2, 0) is 11.8 Å². The van der Waals surface area contributed by atoms with Gasteiger partial charge in [-0.3, -0.25) is 4.90 Å². The Kier molecular flexibility index (Phi) is 3.53. The van der Waals surface area contributed by atoms with Crippen LogP contribution < -0.4 is 10.2 Å². The van der Waals surface area contributed by atoms with E-state index in [1.165, 1.54) is 11.1 Å². The van der Waals surface area contributed by atoms with Gasteiger partial charge in [0.15, 0.2) is 0 Å². The molecule has 0 saturated heterocycles. The van der Waals surface area contributed by atoms with E-state index in [4.69, 9.17) is 11.6 Å². The normalized spacial score (nSPS) is 17.7. The minimum absolute atomic E-state index is 0.00943. The number of urea groups is 1. The fourth-order valence-corrected chi connectivity index (χ4v) is 3.54. The molecule has 118 valence electrons. The topological polar surface area (TPSA) is 32.3 Å². The van der Waals surface area contributed by atoms with Gasteiger partial charge < -0.3 is 5.32 Å². The summed E-state index contributed by atoms with van der Waals surface area (Å²) in [6.45, 7) is 1.45. The van der Waals surface area contributed by atoms with Gasteiger partial charge in [-0.2, -0.15) is 0 Å². The smallest absolute Gasteiger partial charge is 0.321 e. The molecule has 0 aromatic heterocycles. The van der Waals surface area contributed by atoms with Gasteiger partial charge in [0.2, 0.25) is 0 Å². The van der Waals surface area contributed by atoms with Gasteiger partial charge in [-0.1, -0.05) is 41.9 Å². The fourth-order valence-electron chi connectivity index (χ4n) is 3.41. The highest BCUT2D eigenvalue weighted by molar-refractivity contribution is 6.30. The molecule has 2 aliphatic rings. The number of nitrogens with one attached hydrogen (secondary N) is 1. The first-order chi connectivity index (χ1) is 11.2. The van der Waals surface area contributed by atoms with E-state index in [-0.39, 0.29) is 11.4 Å². The maximum Gasteiger partial charge on any atom is 0.321 e. The quantitative estimate of drug-likeness (QED) is 0.903. The van der Waals surface area contributed by atoms with E-state index in [1.54, 1.807) is 0 Å². The van der Waals surface area contributed by atoms with Crippen LogP contribution in [0.3, 0.4) is 0 Å². The van der Waals surface area contributed by atoms with E-state index in [1.807, 2.05) is 35.2 Å². The van der Waals surface area contributed by atoms with Gasteiger partial charge in [0.05, 0.1) is 0 Å². The maximum atomic E-state index is 12.6. The van der Waals surface area contributed by atoms with Crippen molar-refractivity contribution in [2.24, 2.45) is 0 Å².